The second-order valence-corrected chi connectivity index (χ2v) is 8.44. The highest BCUT2D eigenvalue weighted by Crippen LogP contribution is 2.38. The number of anilines is 1. The number of amides is 4. The molecule has 3 heterocycles. The Kier molecular flexibility index (Phi) is 5.43. The summed E-state index contributed by atoms with van der Waals surface area (Å²) < 4.78 is 0. The number of nitrogens with zero attached hydrogens (tertiary/aromatic N) is 3. The summed E-state index contributed by atoms with van der Waals surface area (Å²) in [5.41, 5.74) is 0.0566. The van der Waals surface area contributed by atoms with Crippen LogP contribution in [0.3, 0.4) is 0 Å². The standard InChI is InChI=1S/C21H29N5O3/c1-15-6-2-3-9-21(15)19(28)26(20(29)24-21)14-18(27)23-13-16-7-8-17(22-12-16)25-10-4-5-11-25/h7-8,12,15H,2-6,9-11,13-14H2,1H3,(H,23,27)(H,24,29). The van der Waals surface area contributed by atoms with Crippen molar-refractivity contribution < 1.29 is 14.4 Å². The van der Waals surface area contributed by atoms with Gasteiger partial charge in [0.15, 0.2) is 0 Å². The Labute approximate surface area is 171 Å². The van der Waals surface area contributed by atoms with Gasteiger partial charge >= 0.3 is 6.03 Å². The third-order valence-electron chi connectivity index (χ3n) is 6.53. The van der Waals surface area contributed by atoms with E-state index in [9.17, 15) is 14.4 Å². The molecule has 0 radical (unpaired) electrons. The second kappa shape index (κ2) is 8.00. The van der Waals surface area contributed by atoms with E-state index in [1.54, 1.807) is 6.20 Å². The van der Waals surface area contributed by atoms with Crippen molar-refractivity contribution in [2.45, 2.75) is 57.5 Å². The van der Waals surface area contributed by atoms with Gasteiger partial charge in [0.2, 0.25) is 5.91 Å². The molecule has 3 fully saturated rings. The first kappa shape index (κ1) is 19.7. The maximum absolute atomic E-state index is 12.9. The molecule has 156 valence electrons. The van der Waals surface area contributed by atoms with Gasteiger partial charge < -0.3 is 15.5 Å². The summed E-state index contributed by atoms with van der Waals surface area (Å²) in [6, 6.07) is 3.46. The van der Waals surface area contributed by atoms with Gasteiger partial charge in [0, 0.05) is 25.8 Å². The number of aromatic nitrogens is 1. The normalized spacial score (nSPS) is 26.9. The lowest BCUT2D eigenvalue weighted by atomic mass is 9.73. The van der Waals surface area contributed by atoms with E-state index in [4.69, 9.17) is 0 Å². The molecule has 8 nitrogen and oxygen atoms in total. The van der Waals surface area contributed by atoms with Gasteiger partial charge in [0.05, 0.1) is 0 Å². The Hall–Kier alpha value is -2.64. The predicted molar refractivity (Wildman–Crippen MR) is 108 cm³/mol. The molecule has 1 aromatic heterocycles. The van der Waals surface area contributed by atoms with Crippen LogP contribution in [0.15, 0.2) is 18.3 Å². The van der Waals surface area contributed by atoms with Crippen molar-refractivity contribution >= 4 is 23.7 Å². The number of imide groups is 1. The fourth-order valence-electron chi connectivity index (χ4n) is 4.69. The van der Waals surface area contributed by atoms with Gasteiger partial charge in [-0.2, -0.15) is 0 Å². The van der Waals surface area contributed by atoms with Crippen molar-refractivity contribution in [2.75, 3.05) is 24.5 Å². The minimum absolute atomic E-state index is 0.0842. The average Bonchev–Trinajstić information content (AvgIpc) is 3.33. The monoisotopic (exact) mass is 399 g/mol. The fraction of sp³-hybridized carbons (Fsp3) is 0.619. The molecule has 1 saturated carbocycles. The zero-order chi connectivity index (χ0) is 20.4. The zero-order valence-corrected chi connectivity index (χ0v) is 16.9. The van der Waals surface area contributed by atoms with Crippen LogP contribution in [0, 0.1) is 5.92 Å². The quantitative estimate of drug-likeness (QED) is 0.737. The fourth-order valence-corrected chi connectivity index (χ4v) is 4.69. The highest BCUT2D eigenvalue weighted by Gasteiger charge is 2.55. The van der Waals surface area contributed by atoms with Gasteiger partial charge in [0.1, 0.15) is 17.9 Å². The molecule has 4 amide bonds. The van der Waals surface area contributed by atoms with Crippen LogP contribution in [0.1, 0.15) is 51.0 Å². The van der Waals surface area contributed by atoms with Gasteiger partial charge in [0.25, 0.3) is 5.91 Å². The number of hydrogen-bond acceptors (Lipinski definition) is 5. The van der Waals surface area contributed by atoms with E-state index < -0.39 is 11.6 Å². The van der Waals surface area contributed by atoms with Gasteiger partial charge in [-0.3, -0.25) is 14.5 Å². The molecule has 1 aromatic rings. The van der Waals surface area contributed by atoms with Crippen LogP contribution in [-0.2, 0) is 16.1 Å². The number of pyridine rings is 1. The molecule has 0 bridgehead atoms. The lowest BCUT2D eigenvalue weighted by molar-refractivity contribution is -0.137. The Morgan fingerprint density at radius 2 is 2.03 bits per heavy atom. The predicted octanol–water partition coefficient (Wildman–Crippen LogP) is 1.80. The number of carbonyl (C=O) groups excluding carboxylic acids is 3. The molecule has 2 unspecified atom stereocenters. The van der Waals surface area contributed by atoms with E-state index in [0.717, 1.165) is 48.6 Å². The van der Waals surface area contributed by atoms with Gasteiger partial charge in [-0.15, -0.1) is 0 Å². The van der Waals surface area contributed by atoms with Gasteiger partial charge in [-0.25, -0.2) is 9.78 Å². The van der Waals surface area contributed by atoms with Gasteiger partial charge in [-0.05, 0) is 43.2 Å². The smallest absolute Gasteiger partial charge is 0.325 e. The molecule has 2 saturated heterocycles. The molecule has 8 heteroatoms. The Morgan fingerprint density at radius 1 is 1.24 bits per heavy atom. The molecule has 2 aliphatic heterocycles. The maximum atomic E-state index is 12.9. The topological polar surface area (TPSA) is 94.6 Å². The minimum atomic E-state index is -0.828. The Balaban J connectivity index is 1.31. The number of rotatable bonds is 5. The van der Waals surface area contributed by atoms with Crippen LogP contribution in [-0.4, -0.2) is 52.9 Å². The summed E-state index contributed by atoms with van der Waals surface area (Å²) in [6.45, 7) is 4.14. The molecule has 0 aromatic carbocycles. The minimum Gasteiger partial charge on any atom is -0.357 e. The summed E-state index contributed by atoms with van der Waals surface area (Å²) >= 11 is 0. The number of urea groups is 1. The summed E-state index contributed by atoms with van der Waals surface area (Å²) in [5, 5.41) is 5.67. The first-order valence-corrected chi connectivity index (χ1v) is 10.6. The van der Waals surface area contributed by atoms with Crippen LogP contribution in [0.5, 0.6) is 0 Å². The van der Waals surface area contributed by atoms with Crippen molar-refractivity contribution in [3.63, 3.8) is 0 Å². The Bertz CT molecular complexity index is 790. The average molecular weight is 399 g/mol. The molecular weight excluding hydrogens is 370 g/mol. The number of hydrogen-bond donors (Lipinski definition) is 2. The SMILES string of the molecule is CC1CCCCC12NC(=O)N(CC(=O)NCc1ccc(N3CCCC3)nc1)C2=O. The van der Waals surface area contributed by atoms with Crippen molar-refractivity contribution in [3.8, 4) is 0 Å². The van der Waals surface area contributed by atoms with E-state index in [-0.39, 0.29) is 24.3 Å². The van der Waals surface area contributed by atoms with Crippen molar-refractivity contribution in [1.29, 1.82) is 0 Å². The summed E-state index contributed by atoms with van der Waals surface area (Å²) in [5.74, 6) is 0.434. The van der Waals surface area contributed by atoms with Crippen LogP contribution in [0.25, 0.3) is 0 Å². The summed E-state index contributed by atoms with van der Waals surface area (Å²) in [7, 11) is 0. The van der Waals surface area contributed by atoms with Crippen molar-refractivity contribution in [3.05, 3.63) is 23.9 Å². The third kappa shape index (κ3) is 3.80. The first-order valence-electron chi connectivity index (χ1n) is 10.6. The van der Waals surface area contributed by atoms with Crippen LogP contribution in [0.4, 0.5) is 10.6 Å². The first-order chi connectivity index (χ1) is 14.0. The van der Waals surface area contributed by atoms with Crippen LogP contribution < -0.4 is 15.5 Å². The number of nitrogens with one attached hydrogen (secondary N) is 2. The van der Waals surface area contributed by atoms with E-state index in [1.165, 1.54) is 12.8 Å². The molecular formula is C21H29N5O3. The molecule has 2 atom stereocenters. The molecule has 29 heavy (non-hydrogen) atoms. The molecule has 3 aliphatic rings. The van der Waals surface area contributed by atoms with E-state index in [0.29, 0.717) is 13.0 Å². The lowest BCUT2D eigenvalue weighted by Crippen LogP contribution is -2.54. The summed E-state index contributed by atoms with van der Waals surface area (Å²) in [6.07, 6.45) is 7.69. The Morgan fingerprint density at radius 3 is 2.72 bits per heavy atom. The maximum Gasteiger partial charge on any atom is 0.325 e. The van der Waals surface area contributed by atoms with Crippen molar-refractivity contribution in [2.24, 2.45) is 5.92 Å². The largest absolute Gasteiger partial charge is 0.357 e. The zero-order valence-electron chi connectivity index (χ0n) is 16.9. The summed E-state index contributed by atoms with van der Waals surface area (Å²) in [4.78, 5) is 45.5. The number of carbonyl (C=O) groups is 3. The third-order valence-corrected chi connectivity index (χ3v) is 6.53. The van der Waals surface area contributed by atoms with E-state index in [1.807, 2.05) is 19.1 Å². The van der Waals surface area contributed by atoms with E-state index in [2.05, 4.69) is 20.5 Å². The molecule has 2 N–H and O–H groups in total. The highest BCUT2D eigenvalue weighted by atomic mass is 16.2. The van der Waals surface area contributed by atoms with Crippen LogP contribution in [0.2, 0.25) is 0 Å². The van der Waals surface area contributed by atoms with Gasteiger partial charge in [-0.1, -0.05) is 25.8 Å². The molecule has 1 aliphatic carbocycles. The molecule has 4 rings (SSSR count). The highest BCUT2D eigenvalue weighted by molar-refractivity contribution is 6.09. The second-order valence-electron chi connectivity index (χ2n) is 8.44. The molecule has 1 spiro atoms. The lowest BCUT2D eigenvalue weighted by Gasteiger charge is -2.36. The van der Waals surface area contributed by atoms with Crippen molar-refractivity contribution in [1.82, 2.24) is 20.5 Å². The van der Waals surface area contributed by atoms with Crippen LogP contribution >= 0.6 is 0 Å². The van der Waals surface area contributed by atoms with E-state index >= 15 is 0 Å².